The van der Waals surface area contributed by atoms with E-state index >= 15 is 0 Å². The summed E-state index contributed by atoms with van der Waals surface area (Å²) in [6.07, 6.45) is 2.34. The second-order valence-electron chi connectivity index (χ2n) is 5.22. The minimum Gasteiger partial charge on any atom is -0.480 e. The van der Waals surface area contributed by atoms with Crippen molar-refractivity contribution in [3.63, 3.8) is 0 Å². The van der Waals surface area contributed by atoms with E-state index in [4.69, 9.17) is 5.11 Å². The maximum Gasteiger partial charge on any atom is 0.323 e. The van der Waals surface area contributed by atoms with Crippen molar-refractivity contribution in [3.8, 4) is 0 Å². The highest BCUT2D eigenvalue weighted by atomic mass is 16.4. The Kier molecular flexibility index (Phi) is 5.79. The molecule has 3 amide bonds. The Balaban J connectivity index is 2.89. The molecule has 2 N–H and O–H groups in total. The standard InChI is InChI=1S/C13H23N3O4/c1-9(2)16(8-11(17)18)13(20)15-7-5-4-6-10(15)12(19)14-3/h9-10H,4-8H2,1-3H3,(H,14,19)(H,17,18). The van der Waals surface area contributed by atoms with Crippen molar-refractivity contribution in [2.45, 2.75) is 45.2 Å². The number of aliphatic carboxylic acids is 1. The minimum atomic E-state index is -1.06. The number of carboxylic acid groups (broad SMARTS) is 1. The molecule has 1 aliphatic rings. The zero-order valence-electron chi connectivity index (χ0n) is 12.3. The van der Waals surface area contributed by atoms with Crippen LogP contribution in [0.3, 0.4) is 0 Å². The number of carbonyl (C=O) groups is 3. The van der Waals surface area contributed by atoms with E-state index < -0.39 is 12.0 Å². The van der Waals surface area contributed by atoms with Crippen LogP contribution >= 0.6 is 0 Å². The molecule has 1 heterocycles. The summed E-state index contributed by atoms with van der Waals surface area (Å²) in [4.78, 5) is 38.0. The number of hydrogen-bond donors (Lipinski definition) is 2. The Bertz CT molecular complexity index is 384. The Labute approximate surface area is 118 Å². The third-order valence-electron chi connectivity index (χ3n) is 3.47. The molecule has 20 heavy (non-hydrogen) atoms. The zero-order valence-corrected chi connectivity index (χ0v) is 12.3. The number of rotatable bonds is 4. The van der Waals surface area contributed by atoms with E-state index in [1.165, 1.54) is 16.8 Å². The molecule has 7 nitrogen and oxygen atoms in total. The normalized spacial score (nSPS) is 18.8. The van der Waals surface area contributed by atoms with Crippen LogP contribution in [0.15, 0.2) is 0 Å². The maximum absolute atomic E-state index is 12.5. The highest BCUT2D eigenvalue weighted by molar-refractivity contribution is 5.88. The fourth-order valence-electron chi connectivity index (χ4n) is 2.38. The number of nitrogens with one attached hydrogen (secondary N) is 1. The van der Waals surface area contributed by atoms with E-state index in [1.807, 2.05) is 0 Å². The third kappa shape index (κ3) is 3.85. The van der Waals surface area contributed by atoms with E-state index in [1.54, 1.807) is 13.8 Å². The summed E-state index contributed by atoms with van der Waals surface area (Å²) in [5, 5.41) is 11.5. The van der Waals surface area contributed by atoms with Gasteiger partial charge in [-0.15, -0.1) is 0 Å². The monoisotopic (exact) mass is 285 g/mol. The van der Waals surface area contributed by atoms with Crippen LogP contribution in [-0.2, 0) is 9.59 Å². The van der Waals surface area contributed by atoms with Gasteiger partial charge in [0.2, 0.25) is 5.91 Å². The third-order valence-corrected chi connectivity index (χ3v) is 3.47. The molecule has 7 heteroatoms. The molecule has 0 aliphatic carbocycles. The summed E-state index contributed by atoms with van der Waals surface area (Å²) in [5.41, 5.74) is 0. The van der Waals surface area contributed by atoms with Crippen LogP contribution in [0.5, 0.6) is 0 Å². The first-order valence-electron chi connectivity index (χ1n) is 6.89. The molecule has 1 saturated heterocycles. The number of urea groups is 1. The molecule has 0 aromatic rings. The van der Waals surface area contributed by atoms with Crippen LogP contribution in [0.4, 0.5) is 4.79 Å². The maximum atomic E-state index is 12.5. The van der Waals surface area contributed by atoms with Crippen molar-refractivity contribution in [1.29, 1.82) is 0 Å². The van der Waals surface area contributed by atoms with Gasteiger partial charge in [-0.25, -0.2) is 4.79 Å². The first-order valence-corrected chi connectivity index (χ1v) is 6.89. The Morgan fingerprint density at radius 3 is 2.50 bits per heavy atom. The summed E-state index contributed by atoms with van der Waals surface area (Å²) >= 11 is 0. The number of likely N-dealkylation sites (tertiary alicyclic amines) is 1. The molecule has 0 aromatic heterocycles. The molecule has 1 fully saturated rings. The van der Waals surface area contributed by atoms with Gasteiger partial charge in [-0.05, 0) is 33.1 Å². The van der Waals surface area contributed by atoms with Gasteiger partial charge in [0, 0.05) is 19.6 Å². The van der Waals surface area contributed by atoms with Crippen molar-refractivity contribution in [1.82, 2.24) is 15.1 Å². The highest BCUT2D eigenvalue weighted by Gasteiger charge is 2.35. The topological polar surface area (TPSA) is 90.0 Å². The number of hydrogen-bond acceptors (Lipinski definition) is 3. The van der Waals surface area contributed by atoms with Crippen LogP contribution in [0.1, 0.15) is 33.1 Å². The van der Waals surface area contributed by atoms with Crippen LogP contribution in [0.25, 0.3) is 0 Å². The van der Waals surface area contributed by atoms with Gasteiger partial charge in [0.1, 0.15) is 12.6 Å². The van der Waals surface area contributed by atoms with E-state index in [-0.39, 0.29) is 24.5 Å². The summed E-state index contributed by atoms with van der Waals surface area (Å²) in [5.74, 6) is -1.25. The molecule has 0 radical (unpaired) electrons. The summed E-state index contributed by atoms with van der Waals surface area (Å²) in [6, 6.07) is -1.11. The first kappa shape index (κ1) is 16.3. The van der Waals surface area contributed by atoms with E-state index in [9.17, 15) is 14.4 Å². The van der Waals surface area contributed by atoms with Gasteiger partial charge in [-0.2, -0.15) is 0 Å². The van der Waals surface area contributed by atoms with Crippen molar-refractivity contribution in [2.24, 2.45) is 0 Å². The van der Waals surface area contributed by atoms with Gasteiger partial charge in [0.05, 0.1) is 0 Å². The molecule has 1 unspecified atom stereocenters. The average molecular weight is 285 g/mol. The summed E-state index contributed by atoms with van der Waals surface area (Å²) < 4.78 is 0. The minimum absolute atomic E-state index is 0.197. The molecule has 1 atom stereocenters. The molecule has 1 aliphatic heterocycles. The van der Waals surface area contributed by atoms with Crippen molar-refractivity contribution in [3.05, 3.63) is 0 Å². The van der Waals surface area contributed by atoms with E-state index in [2.05, 4.69) is 5.32 Å². The Hall–Kier alpha value is -1.79. The lowest BCUT2D eigenvalue weighted by atomic mass is 10.0. The lowest BCUT2D eigenvalue weighted by Crippen LogP contribution is -2.57. The van der Waals surface area contributed by atoms with Gasteiger partial charge >= 0.3 is 12.0 Å². The highest BCUT2D eigenvalue weighted by Crippen LogP contribution is 2.19. The van der Waals surface area contributed by atoms with Gasteiger partial charge in [0.15, 0.2) is 0 Å². The molecular formula is C13H23N3O4. The molecule has 0 bridgehead atoms. The number of nitrogens with zero attached hydrogens (tertiary/aromatic N) is 2. The number of carbonyl (C=O) groups excluding carboxylic acids is 2. The quantitative estimate of drug-likeness (QED) is 0.787. The molecule has 0 spiro atoms. The van der Waals surface area contributed by atoms with Crippen molar-refractivity contribution >= 4 is 17.9 Å². The van der Waals surface area contributed by atoms with Crippen LogP contribution < -0.4 is 5.32 Å². The van der Waals surface area contributed by atoms with Gasteiger partial charge in [-0.3, -0.25) is 9.59 Å². The fourth-order valence-corrected chi connectivity index (χ4v) is 2.38. The zero-order chi connectivity index (χ0) is 15.3. The second-order valence-corrected chi connectivity index (χ2v) is 5.22. The molecule has 0 aromatic carbocycles. The largest absolute Gasteiger partial charge is 0.480 e. The predicted molar refractivity (Wildman–Crippen MR) is 73.3 cm³/mol. The van der Waals surface area contributed by atoms with Crippen LogP contribution in [0.2, 0.25) is 0 Å². The molecular weight excluding hydrogens is 262 g/mol. The van der Waals surface area contributed by atoms with Crippen LogP contribution in [0, 0.1) is 0 Å². The number of carboxylic acids is 1. The lowest BCUT2D eigenvalue weighted by molar-refractivity contribution is -0.138. The van der Waals surface area contributed by atoms with Gasteiger partial charge in [-0.1, -0.05) is 0 Å². The number of amides is 3. The van der Waals surface area contributed by atoms with E-state index in [0.29, 0.717) is 13.0 Å². The molecule has 0 saturated carbocycles. The molecule has 1 rings (SSSR count). The Morgan fingerprint density at radius 2 is 2.00 bits per heavy atom. The SMILES string of the molecule is CNC(=O)C1CCCCN1C(=O)N(CC(=O)O)C(C)C. The second kappa shape index (κ2) is 7.12. The summed E-state index contributed by atoms with van der Waals surface area (Å²) in [7, 11) is 1.54. The lowest BCUT2D eigenvalue weighted by Gasteiger charge is -2.38. The predicted octanol–water partition coefficient (Wildman–Crippen LogP) is 0.502. The smallest absolute Gasteiger partial charge is 0.323 e. The van der Waals surface area contributed by atoms with Gasteiger partial charge < -0.3 is 20.2 Å². The Morgan fingerprint density at radius 1 is 1.35 bits per heavy atom. The van der Waals surface area contributed by atoms with Crippen molar-refractivity contribution < 1.29 is 19.5 Å². The summed E-state index contributed by atoms with van der Waals surface area (Å²) in [6.45, 7) is 3.66. The molecule has 114 valence electrons. The van der Waals surface area contributed by atoms with Crippen molar-refractivity contribution in [2.75, 3.05) is 20.1 Å². The van der Waals surface area contributed by atoms with E-state index in [0.717, 1.165) is 12.8 Å². The van der Waals surface area contributed by atoms with Crippen LogP contribution in [-0.4, -0.2) is 65.0 Å². The number of piperidine rings is 1. The van der Waals surface area contributed by atoms with Gasteiger partial charge in [0.25, 0.3) is 0 Å². The first-order chi connectivity index (χ1) is 9.38. The fraction of sp³-hybridized carbons (Fsp3) is 0.769. The average Bonchev–Trinajstić information content (AvgIpc) is 2.42. The number of likely N-dealkylation sites (N-methyl/N-ethyl adjacent to an activating group) is 1.